The summed E-state index contributed by atoms with van der Waals surface area (Å²) < 4.78 is 10.2. The molecule has 1 saturated carbocycles. The molecule has 2 aromatic rings. The fourth-order valence-electron chi connectivity index (χ4n) is 5.26. The summed E-state index contributed by atoms with van der Waals surface area (Å²) in [5.74, 6) is -0.477. The molecule has 0 aromatic heterocycles. The van der Waals surface area contributed by atoms with Gasteiger partial charge in [0.15, 0.2) is 0 Å². The zero-order valence-electron chi connectivity index (χ0n) is 23.6. The lowest BCUT2D eigenvalue weighted by Gasteiger charge is -2.41. The van der Waals surface area contributed by atoms with Crippen molar-refractivity contribution in [3.8, 4) is 5.75 Å². The van der Waals surface area contributed by atoms with E-state index in [2.05, 4.69) is 16.0 Å². The van der Waals surface area contributed by atoms with E-state index in [0.29, 0.717) is 11.4 Å². The molecule has 41 heavy (non-hydrogen) atoms. The lowest BCUT2D eigenvalue weighted by molar-refractivity contribution is -0.145. The number of nitrogens with one attached hydrogen (secondary N) is 3. The van der Waals surface area contributed by atoms with Gasteiger partial charge in [-0.05, 0) is 42.7 Å². The van der Waals surface area contributed by atoms with Crippen LogP contribution in [0.5, 0.6) is 5.75 Å². The summed E-state index contributed by atoms with van der Waals surface area (Å²) in [6.07, 6.45) is 5.23. The van der Waals surface area contributed by atoms with Crippen LogP contribution < -0.4 is 20.7 Å². The second kappa shape index (κ2) is 14.4. The summed E-state index contributed by atoms with van der Waals surface area (Å²) in [5.41, 5.74) is 1.42. The molecule has 0 unspecified atom stereocenters. The number of para-hydroxylation sites is 1. The van der Waals surface area contributed by atoms with Crippen LogP contribution in [0.2, 0.25) is 0 Å². The molecule has 11 nitrogen and oxygen atoms in total. The van der Waals surface area contributed by atoms with Gasteiger partial charge in [-0.2, -0.15) is 0 Å². The average Bonchev–Trinajstić information content (AvgIpc) is 3.01. The van der Waals surface area contributed by atoms with Crippen molar-refractivity contribution in [1.82, 2.24) is 20.4 Å². The van der Waals surface area contributed by atoms with E-state index < -0.39 is 24.0 Å². The summed E-state index contributed by atoms with van der Waals surface area (Å²) in [6, 6.07) is 13.5. The minimum atomic E-state index is -1.00. The molecule has 2 aromatic carbocycles. The highest BCUT2D eigenvalue weighted by molar-refractivity contribution is 5.93. The third-order valence-corrected chi connectivity index (χ3v) is 7.59. The summed E-state index contributed by atoms with van der Waals surface area (Å²) in [5, 5.41) is 8.71. The first-order valence-corrected chi connectivity index (χ1v) is 14.1. The molecule has 2 fully saturated rings. The van der Waals surface area contributed by atoms with Gasteiger partial charge in [0.25, 0.3) is 0 Å². The maximum atomic E-state index is 13.7. The van der Waals surface area contributed by atoms with Gasteiger partial charge in [0.2, 0.25) is 5.91 Å². The number of carbonyl (C=O) groups is 4. The molecule has 1 aliphatic carbocycles. The number of esters is 1. The number of amides is 5. The smallest absolute Gasteiger partial charge is 0.328 e. The van der Waals surface area contributed by atoms with Crippen LogP contribution in [0.15, 0.2) is 54.6 Å². The summed E-state index contributed by atoms with van der Waals surface area (Å²) >= 11 is 0. The van der Waals surface area contributed by atoms with E-state index in [0.717, 1.165) is 37.7 Å². The predicted octanol–water partition coefficient (Wildman–Crippen LogP) is 3.16. The van der Waals surface area contributed by atoms with Gasteiger partial charge in [0.05, 0.1) is 20.8 Å². The maximum absolute atomic E-state index is 13.7. The highest BCUT2D eigenvalue weighted by Gasteiger charge is 2.39. The monoisotopic (exact) mass is 565 g/mol. The van der Waals surface area contributed by atoms with Crippen LogP contribution in [0.4, 0.5) is 15.3 Å². The van der Waals surface area contributed by atoms with E-state index in [1.54, 1.807) is 43.5 Å². The minimum Gasteiger partial charge on any atom is -0.497 e. The number of methoxy groups -OCH3 is 2. The van der Waals surface area contributed by atoms with Crippen LogP contribution in [-0.4, -0.2) is 85.7 Å². The molecular formula is C30H39N5O6. The van der Waals surface area contributed by atoms with Crippen molar-refractivity contribution in [2.45, 2.75) is 56.7 Å². The quantitative estimate of drug-likeness (QED) is 0.422. The van der Waals surface area contributed by atoms with Crippen LogP contribution in [0.3, 0.4) is 0 Å². The summed E-state index contributed by atoms with van der Waals surface area (Å²) in [4.78, 5) is 55.9. The standard InChI is InChI=1S/C30H39N5O6/c1-40-24-15-13-21(14-16-24)19-25(28(37)41-2)33-27(36)26-20-34(29(38)31-22-9-5-3-6-10-22)17-18-35(26)30(39)32-23-11-7-4-8-12-23/h3,5-6,9-10,13-16,23,25-26H,4,7-8,11-12,17-20H2,1-2H3,(H,31,38)(H,32,39)(H,33,36)/t25-,26+/m0/s1. The third kappa shape index (κ3) is 8.12. The Bertz CT molecular complexity index is 1190. The zero-order valence-corrected chi connectivity index (χ0v) is 23.6. The molecule has 11 heteroatoms. The number of piperazine rings is 1. The molecule has 0 radical (unpaired) electrons. The van der Waals surface area contributed by atoms with Crippen LogP contribution >= 0.6 is 0 Å². The SMILES string of the molecule is COC(=O)[C@H](Cc1ccc(OC)cc1)NC(=O)[C@H]1CN(C(=O)Nc2ccccc2)CCN1C(=O)NC1CCCCC1. The van der Waals surface area contributed by atoms with Crippen molar-refractivity contribution in [3.63, 3.8) is 0 Å². The van der Waals surface area contributed by atoms with Gasteiger partial charge in [-0.1, -0.05) is 49.6 Å². The van der Waals surface area contributed by atoms with Gasteiger partial charge in [-0.3, -0.25) is 4.79 Å². The molecule has 220 valence electrons. The number of anilines is 1. The van der Waals surface area contributed by atoms with Crippen molar-refractivity contribution >= 4 is 29.6 Å². The summed E-state index contributed by atoms with van der Waals surface area (Å²) in [6.45, 7) is 0.395. The first kappa shape index (κ1) is 29.7. The maximum Gasteiger partial charge on any atom is 0.328 e. The molecular weight excluding hydrogens is 526 g/mol. The number of hydrogen-bond donors (Lipinski definition) is 3. The van der Waals surface area contributed by atoms with Crippen molar-refractivity contribution < 1.29 is 28.7 Å². The molecule has 3 N–H and O–H groups in total. The number of hydrogen-bond acceptors (Lipinski definition) is 6. The van der Waals surface area contributed by atoms with E-state index in [4.69, 9.17) is 9.47 Å². The highest BCUT2D eigenvalue weighted by atomic mass is 16.5. The van der Waals surface area contributed by atoms with E-state index >= 15 is 0 Å². The Morgan fingerprint density at radius 2 is 1.61 bits per heavy atom. The van der Waals surface area contributed by atoms with Gasteiger partial charge >= 0.3 is 18.0 Å². The Morgan fingerprint density at radius 3 is 2.27 bits per heavy atom. The number of rotatable bonds is 8. The molecule has 2 atom stereocenters. The number of carbonyl (C=O) groups excluding carboxylic acids is 4. The second-order valence-corrected chi connectivity index (χ2v) is 10.4. The predicted molar refractivity (Wildman–Crippen MR) is 154 cm³/mol. The summed E-state index contributed by atoms with van der Waals surface area (Å²) in [7, 11) is 2.83. The van der Waals surface area contributed by atoms with Crippen molar-refractivity contribution in [2.24, 2.45) is 0 Å². The number of urea groups is 2. The normalized spacial score (nSPS) is 18.1. The minimum absolute atomic E-state index is 0.0288. The van der Waals surface area contributed by atoms with Crippen molar-refractivity contribution in [2.75, 3.05) is 39.2 Å². The first-order valence-electron chi connectivity index (χ1n) is 14.1. The number of benzene rings is 2. The van der Waals surface area contributed by atoms with Gasteiger partial charge in [-0.15, -0.1) is 0 Å². The fourth-order valence-corrected chi connectivity index (χ4v) is 5.26. The van der Waals surface area contributed by atoms with E-state index in [1.165, 1.54) is 16.9 Å². The zero-order chi connectivity index (χ0) is 29.2. The van der Waals surface area contributed by atoms with E-state index in [-0.39, 0.29) is 44.2 Å². The molecule has 4 rings (SSSR count). The molecule has 5 amide bonds. The first-order chi connectivity index (χ1) is 19.9. The topological polar surface area (TPSA) is 129 Å². The lowest BCUT2D eigenvalue weighted by Crippen LogP contribution is -2.65. The Morgan fingerprint density at radius 1 is 0.902 bits per heavy atom. The van der Waals surface area contributed by atoms with Crippen molar-refractivity contribution in [3.05, 3.63) is 60.2 Å². The molecule has 0 spiro atoms. The van der Waals surface area contributed by atoms with E-state index in [1.807, 2.05) is 18.2 Å². The molecule has 1 aliphatic heterocycles. The van der Waals surface area contributed by atoms with Crippen LogP contribution in [0, 0.1) is 0 Å². The van der Waals surface area contributed by atoms with Gasteiger partial charge < -0.3 is 35.2 Å². The van der Waals surface area contributed by atoms with Crippen molar-refractivity contribution in [1.29, 1.82) is 0 Å². The van der Waals surface area contributed by atoms with Gasteiger partial charge in [0, 0.05) is 31.2 Å². The largest absolute Gasteiger partial charge is 0.497 e. The Balaban J connectivity index is 1.50. The van der Waals surface area contributed by atoms with E-state index in [9.17, 15) is 19.2 Å². The van der Waals surface area contributed by atoms with Crippen LogP contribution in [-0.2, 0) is 20.7 Å². The van der Waals surface area contributed by atoms with Gasteiger partial charge in [0.1, 0.15) is 17.8 Å². The second-order valence-electron chi connectivity index (χ2n) is 10.4. The third-order valence-electron chi connectivity index (χ3n) is 7.59. The van der Waals surface area contributed by atoms with Gasteiger partial charge in [-0.25, -0.2) is 14.4 Å². The molecule has 0 bridgehead atoms. The molecule has 1 saturated heterocycles. The molecule has 2 aliphatic rings. The Hall–Kier alpha value is -4.28. The Kier molecular flexibility index (Phi) is 10.4. The number of nitrogens with zero attached hydrogens (tertiary/aromatic N) is 2. The van der Waals surface area contributed by atoms with Crippen LogP contribution in [0.1, 0.15) is 37.7 Å². The Labute approximate surface area is 240 Å². The highest BCUT2D eigenvalue weighted by Crippen LogP contribution is 2.20. The lowest BCUT2D eigenvalue weighted by atomic mass is 9.95. The fraction of sp³-hybridized carbons (Fsp3) is 0.467. The average molecular weight is 566 g/mol. The number of ether oxygens (including phenoxy) is 2. The van der Waals surface area contributed by atoms with Crippen LogP contribution in [0.25, 0.3) is 0 Å². The molecule has 1 heterocycles.